The minimum absolute atomic E-state index is 0.113. The van der Waals surface area contributed by atoms with Crippen LogP contribution in [0, 0.1) is 0 Å². The summed E-state index contributed by atoms with van der Waals surface area (Å²) >= 11 is 0. The smallest absolute Gasteiger partial charge is 0.338 e. The summed E-state index contributed by atoms with van der Waals surface area (Å²) in [4.78, 5) is 12.3. The molecule has 1 N–H and O–H groups in total. The van der Waals surface area contributed by atoms with Gasteiger partial charge >= 0.3 is 5.97 Å². The first-order chi connectivity index (χ1) is 14.0. The first kappa shape index (κ1) is 22.0. The van der Waals surface area contributed by atoms with Crippen LogP contribution in [0.2, 0.25) is 0 Å². The molecule has 1 aliphatic rings. The number of fused-ring (bicyclic) bond motifs is 1. The summed E-state index contributed by atoms with van der Waals surface area (Å²) in [5.74, 6) is 0.450. The van der Waals surface area contributed by atoms with Gasteiger partial charge in [-0.3, -0.25) is 4.72 Å². The van der Waals surface area contributed by atoms with Crippen LogP contribution in [0.3, 0.4) is 0 Å². The zero-order valence-electron chi connectivity index (χ0n) is 17.8. The second kappa shape index (κ2) is 8.18. The minimum atomic E-state index is -3.91. The van der Waals surface area contributed by atoms with Crippen molar-refractivity contribution < 1.29 is 27.4 Å². The number of carbonyl (C=O) groups excluding carboxylic acids is 1. The zero-order chi connectivity index (χ0) is 22.1. The number of hydrogen-bond donors (Lipinski definition) is 1. The van der Waals surface area contributed by atoms with Gasteiger partial charge in [0.05, 0.1) is 29.4 Å². The van der Waals surface area contributed by atoms with Crippen LogP contribution in [-0.2, 0) is 21.2 Å². The Hall–Kier alpha value is -2.74. The highest BCUT2D eigenvalue weighted by molar-refractivity contribution is 7.92. The number of benzene rings is 2. The Morgan fingerprint density at radius 3 is 2.57 bits per heavy atom. The molecule has 0 saturated heterocycles. The third-order valence-corrected chi connectivity index (χ3v) is 6.11. The van der Waals surface area contributed by atoms with E-state index in [1.165, 1.54) is 31.4 Å². The lowest BCUT2D eigenvalue weighted by Gasteiger charge is -2.32. The van der Waals surface area contributed by atoms with Crippen molar-refractivity contribution in [3.05, 3.63) is 47.5 Å². The molecule has 7 nitrogen and oxygen atoms in total. The highest BCUT2D eigenvalue weighted by Gasteiger charge is 2.28. The summed E-state index contributed by atoms with van der Waals surface area (Å²) in [5, 5.41) is 0. The Morgan fingerprint density at radius 1 is 1.17 bits per heavy atom. The number of esters is 1. The summed E-state index contributed by atoms with van der Waals surface area (Å²) in [5.41, 5.74) is 0.955. The lowest BCUT2D eigenvalue weighted by Crippen LogP contribution is -2.32. The minimum Gasteiger partial charge on any atom is -0.495 e. The molecule has 2 aromatic carbocycles. The summed E-state index contributed by atoms with van der Waals surface area (Å²) in [6.07, 6.45) is 1.23. The number of rotatable bonds is 6. The van der Waals surface area contributed by atoms with Crippen molar-refractivity contribution in [3.63, 3.8) is 0 Å². The van der Waals surface area contributed by atoms with Crippen molar-refractivity contribution >= 4 is 21.7 Å². The molecular formula is C22H27NO6S. The number of anilines is 1. The van der Waals surface area contributed by atoms with Gasteiger partial charge in [-0.2, -0.15) is 0 Å². The average molecular weight is 434 g/mol. The molecule has 0 aromatic heterocycles. The summed E-state index contributed by atoms with van der Waals surface area (Å²) in [7, 11) is -2.48. The highest BCUT2D eigenvalue weighted by Crippen LogP contribution is 2.35. The summed E-state index contributed by atoms with van der Waals surface area (Å²) in [6.45, 7) is 7.50. The quantitative estimate of drug-likeness (QED) is 0.688. The van der Waals surface area contributed by atoms with Crippen LogP contribution in [0.25, 0.3) is 0 Å². The van der Waals surface area contributed by atoms with Crippen LogP contribution >= 0.6 is 0 Å². The number of hydrogen-bond acceptors (Lipinski definition) is 6. The van der Waals surface area contributed by atoms with Crippen molar-refractivity contribution in [2.45, 2.75) is 57.1 Å². The lowest BCUT2D eigenvalue weighted by atomic mass is 9.94. The van der Waals surface area contributed by atoms with Crippen LogP contribution in [0.15, 0.2) is 41.3 Å². The molecule has 30 heavy (non-hydrogen) atoms. The predicted octanol–water partition coefficient (Wildman–Crippen LogP) is 4.16. The van der Waals surface area contributed by atoms with E-state index in [-0.39, 0.29) is 27.9 Å². The molecule has 2 aromatic rings. The Kier molecular flexibility index (Phi) is 5.99. The molecule has 0 bridgehead atoms. The average Bonchev–Trinajstić information content (AvgIpc) is 2.66. The first-order valence-electron chi connectivity index (χ1n) is 9.74. The monoisotopic (exact) mass is 433 g/mol. The van der Waals surface area contributed by atoms with Crippen molar-refractivity contribution in [3.8, 4) is 11.5 Å². The Bertz CT molecular complexity index is 1060. The summed E-state index contributed by atoms with van der Waals surface area (Å²) in [6, 6.07) is 9.27. The van der Waals surface area contributed by atoms with Gasteiger partial charge in [-0.1, -0.05) is 0 Å². The van der Waals surface area contributed by atoms with Crippen LogP contribution in [0.5, 0.6) is 11.5 Å². The normalized spacial score (nSPS) is 15.1. The summed E-state index contributed by atoms with van der Waals surface area (Å²) < 4.78 is 44.9. The van der Waals surface area contributed by atoms with Gasteiger partial charge in [0.25, 0.3) is 10.0 Å². The van der Waals surface area contributed by atoms with E-state index in [2.05, 4.69) is 4.72 Å². The Balaban J connectivity index is 1.90. The van der Waals surface area contributed by atoms with Crippen molar-refractivity contribution in [1.82, 2.24) is 0 Å². The largest absolute Gasteiger partial charge is 0.495 e. The van der Waals surface area contributed by atoms with Crippen molar-refractivity contribution in [2.75, 3.05) is 11.8 Å². The van der Waals surface area contributed by atoms with Gasteiger partial charge < -0.3 is 14.2 Å². The fourth-order valence-electron chi connectivity index (χ4n) is 3.20. The topological polar surface area (TPSA) is 90.9 Å². The molecule has 0 spiro atoms. The molecule has 1 heterocycles. The lowest BCUT2D eigenvalue weighted by molar-refractivity contribution is 0.0378. The Morgan fingerprint density at radius 2 is 1.90 bits per heavy atom. The number of sulfonamides is 1. The van der Waals surface area contributed by atoms with Gasteiger partial charge in [0, 0.05) is 0 Å². The number of ether oxygens (including phenoxy) is 3. The maximum atomic E-state index is 13.0. The van der Waals surface area contributed by atoms with E-state index in [0.717, 1.165) is 18.4 Å². The molecule has 0 atom stereocenters. The zero-order valence-corrected chi connectivity index (χ0v) is 18.6. The third-order valence-electron chi connectivity index (χ3n) is 4.75. The van der Waals surface area contributed by atoms with Crippen LogP contribution < -0.4 is 14.2 Å². The van der Waals surface area contributed by atoms with Gasteiger partial charge in [-0.25, -0.2) is 13.2 Å². The second-order valence-electron chi connectivity index (χ2n) is 8.11. The third kappa shape index (κ3) is 4.87. The maximum absolute atomic E-state index is 13.0. The van der Waals surface area contributed by atoms with Gasteiger partial charge in [0.15, 0.2) is 0 Å². The molecule has 0 saturated carbocycles. The van der Waals surface area contributed by atoms with E-state index in [0.29, 0.717) is 11.5 Å². The fraction of sp³-hybridized carbons (Fsp3) is 0.409. The molecule has 162 valence electrons. The molecule has 3 rings (SSSR count). The van der Waals surface area contributed by atoms with E-state index in [1.807, 2.05) is 13.8 Å². The molecule has 0 radical (unpaired) electrons. The Labute approximate surface area is 177 Å². The number of aryl methyl sites for hydroxylation is 1. The van der Waals surface area contributed by atoms with Gasteiger partial charge in [-0.15, -0.1) is 0 Å². The molecule has 1 aliphatic heterocycles. The molecule has 0 aliphatic carbocycles. The van der Waals surface area contributed by atoms with Gasteiger partial charge in [0.1, 0.15) is 17.1 Å². The van der Waals surface area contributed by atoms with E-state index in [1.54, 1.807) is 26.0 Å². The second-order valence-corrected chi connectivity index (χ2v) is 9.79. The number of methoxy groups -OCH3 is 1. The SMILES string of the molecule is COc1ccc(C(=O)OC(C)C)cc1NS(=O)(=O)c1ccc2c(c1)CCC(C)(C)O2. The number of nitrogens with one attached hydrogen (secondary N) is 1. The van der Waals surface area contributed by atoms with Crippen LogP contribution in [0.1, 0.15) is 50.0 Å². The van der Waals surface area contributed by atoms with Gasteiger partial charge in [-0.05, 0) is 82.5 Å². The highest BCUT2D eigenvalue weighted by atomic mass is 32.2. The molecule has 0 unspecified atom stereocenters. The maximum Gasteiger partial charge on any atom is 0.338 e. The van der Waals surface area contributed by atoms with E-state index < -0.39 is 16.0 Å². The molecule has 0 fully saturated rings. The van der Waals surface area contributed by atoms with Gasteiger partial charge in [0.2, 0.25) is 0 Å². The van der Waals surface area contributed by atoms with Crippen molar-refractivity contribution in [2.24, 2.45) is 0 Å². The van der Waals surface area contributed by atoms with E-state index >= 15 is 0 Å². The standard InChI is InChI=1S/C22H27NO6S/c1-14(2)28-21(24)16-6-8-20(27-5)18(13-16)23-30(25,26)17-7-9-19-15(12-17)10-11-22(3,4)29-19/h6-9,12-14,23H,10-11H2,1-5H3. The number of carbonyl (C=O) groups is 1. The van der Waals surface area contributed by atoms with Crippen LogP contribution in [-0.4, -0.2) is 33.2 Å². The van der Waals surface area contributed by atoms with Crippen LogP contribution in [0.4, 0.5) is 5.69 Å². The molecular weight excluding hydrogens is 406 g/mol. The molecule has 8 heteroatoms. The van der Waals surface area contributed by atoms with E-state index in [4.69, 9.17) is 14.2 Å². The predicted molar refractivity (Wildman–Crippen MR) is 114 cm³/mol. The fourth-order valence-corrected chi connectivity index (χ4v) is 4.31. The first-order valence-corrected chi connectivity index (χ1v) is 11.2. The van der Waals surface area contributed by atoms with E-state index in [9.17, 15) is 13.2 Å². The molecule has 0 amide bonds. The van der Waals surface area contributed by atoms with Crippen molar-refractivity contribution in [1.29, 1.82) is 0 Å².